The van der Waals surface area contributed by atoms with Crippen molar-refractivity contribution in [2.45, 2.75) is 31.7 Å². The Morgan fingerprint density at radius 3 is 2.52 bits per heavy atom. The van der Waals surface area contributed by atoms with Gasteiger partial charge in [-0.25, -0.2) is 0 Å². The molecule has 0 saturated carbocycles. The van der Waals surface area contributed by atoms with Crippen LogP contribution < -0.4 is 10.5 Å². The number of amides is 1. The Labute approximate surface area is 149 Å². The first-order valence-electron chi connectivity index (χ1n) is 8.97. The lowest BCUT2D eigenvalue weighted by Crippen LogP contribution is -2.32. The van der Waals surface area contributed by atoms with Gasteiger partial charge in [0.25, 0.3) is 0 Å². The number of ether oxygens (including phenoxy) is 1. The minimum absolute atomic E-state index is 0.0110. The predicted molar refractivity (Wildman–Crippen MR) is 99.7 cm³/mol. The van der Waals surface area contributed by atoms with Crippen LogP contribution in [0, 0.1) is 0 Å². The molecule has 0 unspecified atom stereocenters. The van der Waals surface area contributed by atoms with E-state index in [-0.39, 0.29) is 17.9 Å². The average Bonchev–Trinajstić information content (AvgIpc) is 3.04. The zero-order valence-electron chi connectivity index (χ0n) is 14.7. The topological polar surface area (TPSA) is 55.6 Å². The number of hydrogen-bond acceptors (Lipinski definition) is 3. The molecular weight excluding hydrogens is 312 g/mol. The van der Waals surface area contributed by atoms with Crippen LogP contribution in [-0.2, 0) is 11.2 Å². The van der Waals surface area contributed by atoms with Crippen molar-refractivity contribution in [3.8, 4) is 5.75 Å². The summed E-state index contributed by atoms with van der Waals surface area (Å²) < 4.78 is 5.44. The van der Waals surface area contributed by atoms with Gasteiger partial charge in [-0.15, -0.1) is 0 Å². The van der Waals surface area contributed by atoms with Crippen LogP contribution in [-0.4, -0.2) is 36.5 Å². The van der Waals surface area contributed by atoms with E-state index in [1.807, 2.05) is 54.3 Å². The summed E-state index contributed by atoms with van der Waals surface area (Å²) in [5.41, 5.74) is 8.66. The first-order valence-corrected chi connectivity index (χ1v) is 8.97. The fraction of sp³-hybridized carbons (Fsp3) is 0.381. The fourth-order valence-electron chi connectivity index (χ4n) is 3.41. The molecule has 25 heavy (non-hydrogen) atoms. The number of likely N-dealkylation sites (tertiary alicyclic amines) is 1. The van der Waals surface area contributed by atoms with Gasteiger partial charge < -0.3 is 15.4 Å². The van der Waals surface area contributed by atoms with E-state index in [1.165, 1.54) is 5.56 Å². The van der Waals surface area contributed by atoms with Crippen LogP contribution in [0.15, 0.2) is 54.6 Å². The van der Waals surface area contributed by atoms with Gasteiger partial charge in [-0.3, -0.25) is 4.79 Å². The van der Waals surface area contributed by atoms with E-state index in [2.05, 4.69) is 12.1 Å². The molecule has 1 aliphatic heterocycles. The zero-order chi connectivity index (χ0) is 17.6. The molecule has 1 amide bonds. The minimum atomic E-state index is 0.0110. The molecule has 1 fully saturated rings. The summed E-state index contributed by atoms with van der Waals surface area (Å²) in [5, 5.41) is 0. The highest BCUT2D eigenvalue weighted by Gasteiger charge is 2.33. The quantitative estimate of drug-likeness (QED) is 0.881. The molecule has 1 saturated heterocycles. The Bertz CT molecular complexity index is 685. The van der Waals surface area contributed by atoms with Crippen LogP contribution in [0.3, 0.4) is 0 Å². The van der Waals surface area contributed by atoms with E-state index in [0.29, 0.717) is 26.1 Å². The molecular formula is C21H26N2O2. The Kier molecular flexibility index (Phi) is 5.71. The summed E-state index contributed by atoms with van der Waals surface area (Å²) in [5.74, 6) is 1.28. The SMILES string of the molecule is CCOc1ccc(CCC(=O)N2C[C@@H](N)[C@H](c3ccccc3)C2)cc1. The summed E-state index contributed by atoms with van der Waals surface area (Å²) >= 11 is 0. The number of carbonyl (C=O) groups excluding carboxylic acids is 1. The van der Waals surface area contributed by atoms with Gasteiger partial charge >= 0.3 is 0 Å². The van der Waals surface area contributed by atoms with E-state index in [4.69, 9.17) is 10.5 Å². The summed E-state index contributed by atoms with van der Waals surface area (Å²) in [6.07, 6.45) is 1.26. The van der Waals surface area contributed by atoms with Gasteiger partial charge in [0.15, 0.2) is 0 Å². The number of hydrogen-bond donors (Lipinski definition) is 1. The monoisotopic (exact) mass is 338 g/mol. The van der Waals surface area contributed by atoms with E-state index >= 15 is 0 Å². The van der Waals surface area contributed by atoms with Crippen molar-refractivity contribution >= 4 is 5.91 Å². The lowest BCUT2D eigenvalue weighted by atomic mass is 9.95. The molecule has 4 nitrogen and oxygen atoms in total. The number of carbonyl (C=O) groups is 1. The van der Waals surface area contributed by atoms with Crippen molar-refractivity contribution < 1.29 is 9.53 Å². The molecule has 0 radical (unpaired) electrons. The Morgan fingerprint density at radius 1 is 1.12 bits per heavy atom. The summed E-state index contributed by atoms with van der Waals surface area (Å²) in [7, 11) is 0. The smallest absolute Gasteiger partial charge is 0.222 e. The van der Waals surface area contributed by atoms with E-state index in [9.17, 15) is 4.79 Å². The third kappa shape index (κ3) is 4.40. The fourth-order valence-corrected chi connectivity index (χ4v) is 3.41. The van der Waals surface area contributed by atoms with Gasteiger partial charge in [0.05, 0.1) is 6.61 Å². The maximum atomic E-state index is 12.6. The standard InChI is InChI=1S/C21H26N2O2/c1-2-25-18-11-8-16(9-12-18)10-13-21(24)23-14-19(20(22)15-23)17-6-4-3-5-7-17/h3-9,11-12,19-20H,2,10,13-15,22H2,1H3/t19-,20+/m0/s1. The molecule has 4 heteroatoms. The molecule has 0 aliphatic carbocycles. The summed E-state index contributed by atoms with van der Waals surface area (Å²) in [6, 6.07) is 18.2. The zero-order valence-corrected chi connectivity index (χ0v) is 14.7. The normalized spacial score (nSPS) is 19.8. The molecule has 2 aromatic carbocycles. The second-order valence-corrected chi connectivity index (χ2v) is 6.56. The second kappa shape index (κ2) is 8.17. The highest BCUT2D eigenvalue weighted by Crippen LogP contribution is 2.27. The molecule has 0 aromatic heterocycles. The number of aryl methyl sites for hydroxylation is 1. The molecule has 1 aliphatic rings. The van der Waals surface area contributed by atoms with E-state index in [1.54, 1.807) is 0 Å². The van der Waals surface area contributed by atoms with Crippen LogP contribution >= 0.6 is 0 Å². The van der Waals surface area contributed by atoms with Crippen molar-refractivity contribution in [1.29, 1.82) is 0 Å². The largest absolute Gasteiger partial charge is 0.494 e. The summed E-state index contributed by atoms with van der Waals surface area (Å²) in [4.78, 5) is 14.5. The van der Waals surface area contributed by atoms with E-state index < -0.39 is 0 Å². The number of nitrogens with zero attached hydrogens (tertiary/aromatic N) is 1. The second-order valence-electron chi connectivity index (χ2n) is 6.56. The van der Waals surface area contributed by atoms with Crippen molar-refractivity contribution in [1.82, 2.24) is 4.90 Å². The maximum absolute atomic E-state index is 12.6. The Balaban J connectivity index is 1.53. The Morgan fingerprint density at radius 2 is 1.84 bits per heavy atom. The van der Waals surface area contributed by atoms with Crippen LogP contribution in [0.25, 0.3) is 0 Å². The number of nitrogens with two attached hydrogens (primary N) is 1. The third-order valence-electron chi connectivity index (χ3n) is 4.81. The number of benzene rings is 2. The molecule has 0 bridgehead atoms. The molecule has 2 atom stereocenters. The molecule has 3 rings (SSSR count). The van der Waals surface area contributed by atoms with Crippen molar-refractivity contribution in [2.24, 2.45) is 5.73 Å². The first kappa shape index (κ1) is 17.5. The van der Waals surface area contributed by atoms with Gasteiger partial charge in [-0.1, -0.05) is 42.5 Å². The maximum Gasteiger partial charge on any atom is 0.222 e. The molecule has 1 heterocycles. The average molecular weight is 338 g/mol. The predicted octanol–water partition coefficient (Wildman–Crippen LogP) is 2.97. The van der Waals surface area contributed by atoms with Gasteiger partial charge in [0.1, 0.15) is 5.75 Å². The minimum Gasteiger partial charge on any atom is -0.494 e. The van der Waals surface area contributed by atoms with Gasteiger partial charge in [-0.05, 0) is 36.6 Å². The van der Waals surface area contributed by atoms with Crippen molar-refractivity contribution in [3.05, 3.63) is 65.7 Å². The van der Waals surface area contributed by atoms with Crippen LogP contribution in [0.5, 0.6) is 5.75 Å². The third-order valence-corrected chi connectivity index (χ3v) is 4.81. The molecule has 132 valence electrons. The van der Waals surface area contributed by atoms with Gasteiger partial charge in [0.2, 0.25) is 5.91 Å². The lowest BCUT2D eigenvalue weighted by molar-refractivity contribution is -0.130. The van der Waals surface area contributed by atoms with Gasteiger partial charge in [-0.2, -0.15) is 0 Å². The Hall–Kier alpha value is -2.33. The molecule has 2 N–H and O–H groups in total. The van der Waals surface area contributed by atoms with Gasteiger partial charge in [0, 0.05) is 31.5 Å². The van der Waals surface area contributed by atoms with Crippen LogP contribution in [0.4, 0.5) is 0 Å². The number of rotatable bonds is 6. The van der Waals surface area contributed by atoms with E-state index in [0.717, 1.165) is 17.7 Å². The highest BCUT2D eigenvalue weighted by atomic mass is 16.5. The van der Waals surface area contributed by atoms with Crippen molar-refractivity contribution in [2.75, 3.05) is 19.7 Å². The van der Waals surface area contributed by atoms with Crippen LogP contribution in [0.1, 0.15) is 30.4 Å². The highest BCUT2D eigenvalue weighted by molar-refractivity contribution is 5.77. The van der Waals surface area contributed by atoms with Crippen LogP contribution in [0.2, 0.25) is 0 Å². The summed E-state index contributed by atoms with van der Waals surface area (Å²) in [6.45, 7) is 3.99. The van der Waals surface area contributed by atoms with Crippen molar-refractivity contribution in [3.63, 3.8) is 0 Å². The molecule has 0 spiro atoms. The molecule has 2 aromatic rings. The lowest BCUT2D eigenvalue weighted by Gasteiger charge is -2.16. The first-order chi connectivity index (χ1) is 12.2.